The number of hydrogen-bond acceptors (Lipinski definition) is 4. The molecule has 0 unspecified atom stereocenters. The van der Waals surface area contributed by atoms with E-state index >= 15 is 0 Å². The van der Waals surface area contributed by atoms with E-state index in [4.69, 9.17) is 11.6 Å². The minimum atomic E-state index is -0.515. The van der Waals surface area contributed by atoms with Gasteiger partial charge in [0.05, 0.1) is 19.6 Å². The topological polar surface area (TPSA) is 68.3 Å². The number of nitrogens with zero attached hydrogens (tertiary/aromatic N) is 1. The molecule has 0 aliphatic heterocycles. The lowest BCUT2D eigenvalue weighted by molar-refractivity contribution is -0.141. The van der Waals surface area contributed by atoms with Crippen LogP contribution in [0.1, 0.15) is 28.5 Å². The third kappa shape index (κ3) is 4.30. The van der Waals surface area contributed by atoms with Gasteiger partial charge in [0.1, 0.15) is 5.69 Å². The summed E-state index contributed by atoms with van der Waals surface area (Å²) in [5, 5.41) is 3.37. The normalized spacial score (nSPS) is 11.5. The van der Waals surface area contributed by atoms with E-state index in [9.17, 15) is 9.59 Å². The fourth-order valence-corrected chi connectivity index (χ4v) is 2.05. The number of methoxy groups -OCH3 is 1. The molecular weight excluding hydrogens is 304 g/mol. The van der Waals surface area contributed by atoms with Crippen molar-refractivity contribution in [3.8, 4) is 0 Å². The predicted octanol–water partition coefficient (Wildman–Crippen LogP) is 2.77. The zero-order chi connectivity index (χ0) is 15.9. The average Bonchev–Trinajstić information content (AvgIpc) is 2.55. The largest absolute Gasteiger partial charge is 0.469 e. The highest BCUT2D eigenvalue weighted by molar-refractivity contribution is 6.30. The number of hydrogen-bond donors (Lipinski definition) is 1. The van der Waals surface area contributed by atoms with Crippen LogP contribution in [0.4, 0.5) is 0 Å². The molecule has 0 bridgehead atoms. The summed E-state index contributed by atoms with van der Waals surface area (Å²) in [6.45, 7) is 0. The Bertz CT molecular complexity index is 644. The fraction of sp³-hybridized carbons (Fsp3) is 0.188. The lowest BCUT2D eigenvalue weighted by Crippen LogP contribution is -2.31. The molecule has 0 saturated heterocycles. The van der Waals surface area contributed by atoms with Gasteiger partial charge in [0.15, 0.2) is 0 Å². The number of carbonyl (C=O) groups excluding carboxylic acids is 2. The van der Waals surface area contributed by atoms with Gasteiger partial charge in [0.25, 0.3) is 5.91 Å². The molecule has 1 N–H and O–H groups in total. The van der Waals surface area contributed by atoms with E-state index in [1.54, 1.807) is 42.5 Å². The van der Waals surface area contributed by atoms with Crippen LogP contribution in [0, 0.1) is 0 Å². The van der Waals surface area contributed by atoms with Crippen molar-refractivity contribution in [2.75, 3.05) is 7.11 Å². The van der Waals surface area contributed by atoms with Crippen molar-refractivity contribution in [3.63, 3.8) is 0 Å². The highest BCUT2D eigenvalue weighted by atomic mass is 35.5. The summed E-state index contributed by atoms with van der Waals surface area (Å²) in [5.74, 6) is -0.772. The van der Waals surface area contributed by atoms with Crippen LogP contribution < -0.4 is 5.32 Å². The van der Waals surface area contributed by atoms with E-state index in [2.05, 4.69) is 15.0 Å². The van der Waals surface area contributed by atoms with Crippen molar-refractivity contribution in [3.05, 3.63) is 64.9 Å². The number of halogens is 1. The number of esters is 1. The van der Waals surface area contributed by atoms with Crippen LogP contribution in [0.25, 0.3) is 0 Å². The van der Waals surface area contributed by atoms with Gasteiger partial charge in [-0.2, -0.15) is 0 Å². The molecule has 2 aromatic rings. The Morgan fingerprint density at radius 3 is 2.55 bits per heavy atom. The van der Waals surface area contributed by atoms with Gasteiger partial charge in [-0.3, -0.25) is 14.6 Å². The first-order chi connectivity index (χ1) is 10.6. The van der Waals surface area contributed by atoms with Crippen molar-refractivity contribution in [1.82, 2.24) is 10.3 Å². The first kappa shape index (κ1) is 16.0. The SMILES string of the molecule is COC(=O)C[C@@H](NC(=O)c1ccccn1)c1ccc(Cl)cc1. The van der Waals surface area contributed by atoms with Crippen molar-refractivity contribution < 1.29 is 14.3 Å². The summed E-state index contributed by atoms with van der Waals surface area (Å²) >= 11 is 5.86. The number of pyridine rings is 1. The summed E-state index contributed by atoms with van der Waals surface area (Å²) in [5.41, 5.74) is 1.05. The van der Waals surface area contributed by atoms with Crippen LogP contribution in [0.3, 0.4) is 0 Å². The second-order valence-corrected chi connectivity index (χ2v) is 5.01. The van der Waals surface area contributed by atoms with Gasteiger partial charge in [0, 0.05) is 11.2 Å². The molecule has 0 saturated carbocycles. The van der Waals surface area contributed by atoms with E-state index in [-0.39, 0.29) is 18.0 Å². The van der Waals surface area contributed by atoms with E-state index in [0.29, 0.717) is 5.02 Å². The zero-order valence-electron chi connectivity index (χ0n) is 12.0. The lowest BCUT2D eigenvalue weighted by Gasteiger charge is -2.18. The van der Waals surface area contributed by atoms with Gasteiger partial charge >= 0.3 is 5.97 Å². The van der Waals surface area contributed by atoms with E-state index in [0.717, 1.165) is 5.56 Å². The number of ether oxygens (including phenoxy) is 1. The molecule has 1 amide bonds. The third-order valence-electron chi connectivity index (χ3n) is 3.07. The number of aromatic nitrogens is 1. The second-order valence-electron chi connectivity index (χ2n) is 4.57. The number of benzene rings is 1. The van der Waals surface area contributed by atoms with Gasteiger partial charge in [-0.25, -0.2) is 0 Å². The smallest absolute Gasteiger partial charge is 0.307 e. The molecule has 5 nitrogen and oxygen atoms in total. The van der Waals surface area contributed by atoms with Gasteiger partial charge in [-0.15, -0.1) is 0 Å². The Morgan fingerprint density at radius 2 is 1.95 bits per heavy atom. The number of amides is 1. The zero-order valence-corrected chi connectivity index (χ0v) is 12.7. The minimum absolute atomic E-state index is 0.0245. The molecule has 114 valence electrons. The van der Waals surface area contributed by atoms with Gasteiger partial charge in [-0.05, 0) is 29.8 Å². The standard InChI is InChI=1S/C16H15ClN2O3/c1-22-15(20)10-14(11-5-7-12(17)8-6-11)19-16(21)13-4-2-3-9-18-13/h2-9,14H,10H2,1H3,(H,19,21)/t14-/m1/s1. The first-order valence-electron chi connectivity index (χ1n) is 6.64. The molecule has 22 heavy (non-hydrogen) atoms. The third-order valence-corrected chi connectivity index (χ3v) is 3.33. The molecule has 0 fully saturated rings. The highest BCUT2D eigenvalue weighted by Crippen LogP contribution is 2.20. The van der Waals surface area contributed by atoms with Gasteiger partial charge < -0.3 is 10.1 Å². The molecule has 1 aromatic heterocycles. The summed E-state index contributed by atoms with van der Waals surface area (Å²) in [7, 11) is 1.31. The summed E-state index contributed by atoms with van der Waals surface area (Å²) < 4.78 is 4.68. The van der Waals surface area contributed by atoms with Crippen molar-refractivity contribution >= 4 is 23.5 Å². The molecule has 1 aromatic carbocycles. The summed E-state index contributed by atoms with van der Waals surface area (Å²) in [4.78, 5) is 27.8. The molecule has 2 rings (SSSR count). The second kappa shape index (κ2) is 7.56. The van der Waals surface area contributed by atoms with E-state index < -0.39 is 12.0 Å². The quantitative estimate of drug-likeness (QED) is 0.861. The summed E-state index contributed by atoms with van der Waals surface area (Å²) in [6.07, 6.45) is 1.56. The van der Waals surface area contributed by atoms with Crippen LogP contribution in [0.15, 0.2) is 48.7 Å². The highest BCUT2D eigenvalue weighted by Gasteiger charge is 2.20. The molecule has 0 aliphatic carbocycles. The first-order valence-corrected chi connectivity index (χ1v) is 7.02. The maximum Gasteiger partial charge on any atom is 0.307 e. The molecular formula is C16H15ClN2O3. The molecule has 0 spiro atoms. The fourth-order valence-electron chi connectivity index (χ4n) is 1.93. The van der Waals surface area contributed by atoms with Gasteiger partial charge in [0.2, 0.25) is 0 Å². The van der Waals surface area contributed by atoms with Crippen LogP contribution in [0.5, 0.6) is 0 Å². The van der Waals surface area contributed by atoms with Crippen LogP contribution in [-0.4, -0.2) is 24.0 Å². The number of nitrogens with one attached hydrogen (secondary N) is 1. The Labute approximate surface area is 133 Å². The lowest BCUT2D eigenvalue weighted by atomic mass is 10.0. The molecule has 6 heteroatoms. The van der Waals surface area contributed by atoms with Crippen LogP contribution in [0.2, 0.25) is 5.02 Å². The van der Waals surface area contributed by atoms with E-state index in [1.807, 2.05) is 0 Å². The molecule has 0 aliphatic rings. The number of rotatable bonds is 5. The predicted molar refractivity (Wildman–Crippen MR) is 82.5 cm³/mol. The Hall–Kier alpha value is -2.40. The minimum Gasteiger partial charge on any atom is -0.469 e. The van der Waals surface area contributed by atoms with Crippen LogP contribution >= 0.6 is 11.6 Å². The van der Waals surface area contributed by atoms with Crippen molar-refractivity contribution in [2.24, 2.45) is 0 Å². The van der Waals surface area contributed by atoms with Crippen molar-refractivity contribution in [2.45, 2.75) is 12.5 Å². The Balaban J connectivity index is 2.19. The maximum atomic E-state index is 12.2. The van der Waals surface area contributed by atoms with E-state index in [1.165, 1.54) is 13.3 Å². The average molecular weight is 319 g/mol. The Kier molecular flexibility index (Phi) is 5.49. The Morgan fingerprint density at radius 1 is 1.23 bits per heavy atom. The van der Waals surface area contributed by atoms with Gasteiger partial charge in [-0.1, -0.05) is 29.8 Å². The molecule has 1 heterocycles. The van der Waals surface area contributed by atoms with Crippen LogP contribution in [-0.2, 0) is 9.53 Å². The molecule has 1 atom stereocenters. The maximum absolute atomic E-state index is 12.2. The number of carbonyl (C=O) groups is 2. The van der Waals surface area contributed by atoms with Crippen molar-refractivity contribution in [1.29, 1.82) is 0 Å². The summed E-state index contributed by atoms with van der Waals surface area (Å²) in [6, 6.07) is 11.5. The monoisotopic (exact) mass is 318 g/mol. The molecule has 0 radical (unpaired) electrons.